The number of rotatable bonds is 9. The molecule has 6 heteroatoms. The van der Waals surface area contributed by atoms with Gasteiger partial charge in [-0.1, -0.05) is 71.8 Å². The van der Waals surface area contributed by atoms with Crippen molar-refractivity contribution in [3.8, 4) is 5.75 Å². The van der Waals surface area contributed by atoms with E-state index in [0.717, 1.165) is 22.3 Å². The molecule has 0 radical (unpaired) electrons. The number of ether oxygens (including phenoxy) is 1. The first-order chi connectivity index (χ1) is 17.0. The summed E-state index contributed by atoms with van der Waals surface area (Å²) in [6, 6.07) is 22.2. The Balaban J connectivity index is 1.93. The lowest BCUT2D eigenvalue weighted by atomic mass is 10.0. The third kappa shape index (κ3) is 8.13. The number of amides is 2. The number of nitrogens with one attached hydrogen (secondary N) is 1. The van der Waals surface area contributed by atoms with Crippen LogP contribution in [0.15, 0.2) is 72.8 Å². The van der Waals surface area contributed by atoms with Gasteiger partial charge in [0.05, 0.1) is 0 Å². The van der Waals surface area contributed by atoms with Crippen LogP contribution in [-0.4, -0.2) is 34.9 Å². The molecule has 0 fully saturated rings. The van der Waals surface area contributed by atoms with Gasteiger partial charge in [-0.25, -0.2) is 0 Å². The molecule has 5 nitrogen and oxygen atoms in total. The highest BCUT2D eigenvalue weighted by molar-refractivity contribution is 6.30. The van der Waals surface area contributed by atoms with E-state index in [0.29, 0.717) is 17.2 Å². The maximum Gasteiger partial charge on any atom is 0.261 e. The van der Waals surface area contributed by atoms with Crippen LogP contribution in [0, 0.1) is 13.8 Å². The van der Waals surface area contributed by atoms with Gasteiger partial charge in [-0.05, 0) is 69.5 Å². The van der Waals surface area contributed by atoms with Crippen LogP contribution in [0.2, 0.25) is 5.02 Å². The van der Waals surface area contributed by atoms with Gasteiger partial charge in [0.1, 0.15) is 11.8 Å². The molecule has 190 valence electrons. The molecule has 0 bridgehead atoms. The van der Waals surface area contributed by atoms with Crippen molar-refractivity contribution >= 4 is 23.4 Å². The fourth-order valence-corrected chi connectivity index (χ4v) is 4.10. The average molecular weight is 507 g/mol. The largest absolute Gasteiger partial charge is 0.483 e. The Bertz CT molecular complexity index is 1170. The van der Waals surface area contributed by atoms with Crippen LogP contribution in [0.25, 0.3) is 0 Å². The predicted molar refractivity (Wildman–Crippen MR) is 145 cm³/mol. The summed E-state index contributed by atoms with van der Waals surface area (Å²) < 4.78 is 5.93. The quantitative estimate of drug-likeness (QED) is 0.393. The van der Waals surface area contributed by atoms with E-state index in [1.54, 1.807) is 17.0 Å². The first-order valence-corrected chi connectivity index (χ1v) is 12.5. The molecule has 1 N–H and O–H groups in total. The molecule has 0 heterocycles. The van der Waals surface area contributed by atoms with Gasteiger partial charge in [0.15, 0.2) is 6.61 Å². The lowest BCUT2D eigenvalue weighted by molar-refractivity contribution is -0.143. The Kier molecular flexibility index (Phi) is 9.16. The van der Waals surface area contributed by atoms with E-state index in [4.69, 9.17) is 16.3 Å². The van der Waals surface area contributed by atoms with E-state index in [-0.39, 0.29) is 25.0 Å². The Morgan fingerprint density at radius 2 is 1.61 bits per heavy atom. The first kappa shape index (κ1) is 27.3. The molecule has 0 aromatic heterocycles. The zero-order valence-corrected chi connectivity index (χ0v) is 22.4. The Hall–Kier alpha value is -3.31. The number of nitrogens with zero attached hydrogens (tertiary/aromatic N) is 1. The van der Waals surface area contributed by atoms with Crippen molar-refractivity contribution in [1.82, 2.24) is 10.2 Å². The van der Waals surface area contributed by atoms with Crippen molar-refractivity contribution < 1.29 is 14.3 Å². The molecule has 0 saturated heterocycles. The van der Waals surface area contributed by atoms with Crippen molar-refractivity contribution in [2.24, 2.45) is 0 Å². The van der Waals surface area contributed by atoms with Gasteiger partial charge in [-0.3, -0.25) is 9.59 Å². The lowest BCUT2D eigenvalue weighted by Gasteiger charge is -2.33. The summed E-state index contributed by atoms with van der Waals surface area (Å²) in [5.41, 5.74) is 3.48. The number of carbonyl (C=O) groups is 2. The Morgan fingerprint density at radius 1 is 0.944 bits per heavy atom. The minimum atomic E-state index is -0.725. The minimum Gasteiger partial charge on any atom is -0.483 e. The van der Waals surface area contributed by atoms with Crippen molar-refractivity contribution in [2.75, 3.05) is 6.61 Å². The van der Waals surface area contributed by atoms with Gasteiger partial charge in [-0.15, -0.1) is 0 Å². The molecule has 36 heavy (non-hydrogen) atoms. The lowest BCUT2D eigenvalue weighted by Crippen LogP contribution is -2.55. The topological polar surface area (TPSA) is 58.6 Å². The van der Waals surface area contributed by atoms with Gasteiger partial charge in [-0.2, -0.15) is 0 Å². The standard InChI is InChI=1S/C30H35ClN2O3/c1-21-11-16-27(22(2)17-21)36-20-28(34)33(19-24-12-14-25(31)15-13-24)26(29(35)32-30(3,4)5)18-23-9-7-6-8-10-23/h6-17,26H,18-20H2,1-5H3,(H,32,35). The summed E-state index contributed by atoms with van der Waals surface area (Å²) in [6.07, 6.45) is 0.381. The Labute approximate surface area is 219 Å². The molecule has 0 aliphatic rings. The molecule has 3 aromatic rings. The minimum absolute atomic E-state index is 0.175. The molecule has 1 unspecified atom stereocenters. The third-order valence-corrected chi connectivity index (χ3v) is 5.97. The van der Waals surface area contributed by atoms with Crippen molar-refractivity contribution in [3.63, 3.8) is 0 Å². The van der Waals surface area contributed by atoms with Crippen LogP contribution in [0.1, 0.15) is 43.0 Å². The fraction of sp³-hybridized carbons (Fsp3) is 0.333. The maximum absolute atomic E-state index is 13.7. The molecular formula is C30H35ClN2O3. The van der Waals surface area contributed by atoms with Crippen LogP contribution in [-0.2, 0) is 22.6 Å². The van der Waals surface area contributed by atoms with Gasteiger partial charge >= 0.3 is 0 Å². The monoisotopic (exact) mass is 506 g/mol. The summed E-state index contributed by atoms with van der Waals surface area (Å²) >= 11 is 6.08. The molecule has 1 atom stereocenters. The van der Waals surface area contributed by atoms with Gasteiger partial charge < -0.3 is 15.0 Å². The number of halogens is 1. The van der Waals surface area contributed by atoms with Crippen LogP contribution in [0.4, 0.5) is 0 Å². The van der Waals surface area contributed by atoms with E-state index >= 15 is 0 Å². The Morgan fingerprint density at radius 3 is 2.22 bits per heavy atom. The van der Waals surface area contributed by atoms with Crippen molar-refractivity contribution in [3.05, 3.63) is 100 Å². The first-order valence-electron chi connectivity index (χ1n) is 12.1. The number of hydrogen-bond acceptors (Lipinski definition) is 3. The van der Waals surface area contributed by atoms with Gasteiger partial charge in [0.2, 0.25) is 5.91 Å². The number of carbonyl (C=O) groups excluding carboxylic acids is 2. The highest BCUT2D eigenvalue weighted by Gasteiger charge is 2.32. The van der Waals surface area contributed by atoms with E-state index in [1.807, 2.05) is 95.3 Å². The SMILES string of the molecule is Cc1ccc(OCC(=O)N(Cc2ccc(Cl)cc2)C(Cc2ccccc2)C(=O)NC(C)(C)C)c(C)c1. The van der Waals surface area contributed by atoms with Crippen molar-refractivity contribution in [2.45, 2.75) is 59.2 Å². The highest BCUT2D eigenvalue weighted by Crippen LogP contribution is 2.21. The second-order valence-electron chi connectivity index (χ2n) is 10.2. The van der Waals surface area contributed by atoms with Crippen molar-refractivity contribution in [1.29, 1.82) is 0 Å². The average Bonchev–Trinajstić information content (AvgIpc) is 2.81. The van der Waals surface area contributed by atoms with Crippen LogP contribution >= 0.6 is 11.6 Å². The molecular weight excluding hydrogens is 472 g/mol. The number of benzene rings is 3. The molecule has 2 amide bonds. The molecule has 0 aliphatic carbocycles. The summed E-state index contributed by atoms with van der Waals surface area (Å²) in [5, 5.41) is 3.68. The van der Waals surface area contributed by atoms with E-state index in [2.05, 4.69) is 5.32 Å². The molecule has 0 saturated carbocycles. The molecule has 3 aromatic carbocycles. The number of aryl methyl sites for hydroxylation is 2. The second kappa shape index (κ2) is 12.1. The normalized spacial score (nSPS) is 12.1. The maximum atomic E-state index is 13.7. The molecule has 0 aliphatic heterocycles. The fourth-order valence-electron chi connectivity index (χ4n) is 3.98. The van der Waals surface area contributed by atoms with Gasteiger partial charge in [0, 0.05) is 23.5 Å². The van der Waals surface area contributed by atoms with Crippen LogP contribution in [0.5, 0.6) is 5.75 Å². The highest BCUT2D eigenvalue weighted by atomic mass is 35.5. The number of hydrogen-bond donors (Lipinski definition) is 1. The van der Waals surface area contributed by atoms with E-state index in [9.17, 15) is 9.59 Å². The van der Waals surface area contributed by atoms with Gasteiger partial charge in [0.25, 0.3) is 5.91 Å². The predicted octanol–water partition coefficient (Wildman–Crippen LogP) is 5.89. The zero-order valence-electron chi connectivity index (χ0n) is 21.7. The summed E-state index contributed by atoms with van der Waals surface area (Å²) in [7, 11) is 0. The van der Waals surface area contributed by atoms with Crippen LogP contribution < -0.4 is 10.1 Å². The molecule has 3 rings (SSSR count). The summed E-state index contributed by atoms with van der Waals surface area (Å²) in [5.74, 6) is 0.175. The van der Waals surface area contributed by atoms with E-state index in [1.165, 1.54) is 0 Å². The summed E-state index contributed by atoms with van der Waals surface area (Å²) in [6.45, 7) is 9.83. The second-order valence-corrected chi connectivity index (χ2v) is 10.6. The third-order valence-electron chi connectivity index (χ3n) is 5.72. The van der Waals surface area contributed by atoms with Crippen LogP contribution in [0.3, 0.4) is 0 Å². The molecule has 0 spiro atoms. The zero-order chi connectivity index (χ0) is 26.3. The van der Waals surface area contributed by atoms with E-state index < -0.39 is 11.6 Å². The smallest absolute Gasteiger partial charge is 0.261 e. The summed E-state index contributed by atoms with van der Waals surface area (Å²) in [4.78, 5) is 28.8.